The lowest BCUT2D eigenvalue weighted by atomic mass is 10.2. The van der Waals surface area contributed by atoms with Gasteiger partial charge in [0.2, 0.25) is 0 Å². The van der Waals surface area contributed by atoms with Crippen LogP contribution in [0.4, 0.5) is 14.5 Å². The van der Waals surface area contributed by atoms with Crippen LogP contribution in [-0.2, 0) is 6.61 Å². The van der Waals surface area contributed by atoms with E-state index in [9.17, 15) is 8.78 Å². The highest BCUT2D eigenvalue weighted by Crippen LogP contribution is 2.24. The highest BCUT2D eigenvalue weighted by atomic mass is 79.9. The Morgan fingerprint density at radius 2 is 1.69 bits per heavy atom. The molecule has 0 atom stereocenters. The second kappa shape index (κ2) is 8.56. The predicted molar refractivity (Wildman–Crippen MR) is 106 cm³/mol. The zero-order valence-electron chi connectivity index (χ0n) is 13.4. The second-order valence-electron chi connectivity index (χ2n) is 5.45. The minimum Gasteiger partial charge on any atom is -0.489 e. The van der Waals surface area contributed by atoms with Crippen LogP contribution in [-0.4, -0.2) is 6.21 Å². The Bertz CT molecular complexity index is 943. The van der Waals surface area contributed by atoms with E-state index >= 15 is 0 Å². The monoisotopic (exact) mass is 479 g/mol. The molecule has 3 aromatic carbocycles. The molecule has 2 nitrogen and oxygen atoms in total. The van der Waals surface area contributed by atoms with E-state index in [0.29, 0.717) is 12.4 Å². The van der Waals surface area contributed by atoms with Gasteiger partial charge in [0, 0.05) is 26.8 Å². The van der Waals surface area contributed by atoms with Gasteiger partial charge in [-0.3, -0.25) is 4.99 Å². The SMILES string of the molecule is Fc1ccc(N=Cc2ccc(OCc3ccc(Br)cc3Br)cc2)c(F)c1. The quantitative estimate of drug-likeness (QED) is 0.367. The molecular weight excluding hydrogens is 468 g/mol. The van der Waals surface area contributed by atoms with Crippen LogP contribution >= 0.6 is 31.9 Å². The molecule has 0 spiro atoms. The molecule has 26 heavy (non-hydrogen) atoms. The number of nitrogens with zero attached hydrogens (tertiary/aromatic N) is 1. The minimum absolute atomic E-state index is 0.0896. The Morgan fingerprint density at radius 1 is 0.923 bits per heavy atom. The fourth-order valence-corrected chi connectivity index (χ4v) is 3.34. The first-order valence-electron chi connectivity index (χ1n) is 7.67. The van der Waals surface area contributed by atoms with Crippen molar-refractivity contribution in [2.75, 3.05) is 0 Å². The van der Waals surface area contributed by atoms with E-state index in [-0.39, 0.29) is 5.69 Å². The van der Waals surface area contributed by atoms with Crippen molar-refractivity contribution in [1.82, 2.24) is 0 Å². The van der Waals surface area contributed by atoms with Gasteiger partial charge < -0.3 is 4.74 Å². The Balaban J connectivity index is 1.63. The highest BCUT2D eigenvalue weighted by molar-refractivity contribution is 9.11. The molecule has 0 aliphatic rings. The number of halogens is 4. The maximum Gasteiger partial charge on any atom is 0.151 e. The molecule has 3 aromatic rings. The summed E-state index contributed by atoms with van der Waals surface area (Å²) in [5, 5.41) is 0. The van der Waals surface area contributed by atoms with Gasteiger partial charge in [-0.15, -0.1) is 0 Å². The van der Waals surface area contributed by atoms with E-state index in [1.54, 1.807) is 0 Å². The van der Waals surface area contributed by atoms with Crippen molar-refractivity contribution in [3.05, 3.63) is 92.4 Å². The number of hydrogen-bond donors (Lipinski definition) is 0. The fourth-order valence-electron chi connectivity index (χ4n) is 2.18. The topological polar surface area (TPSA) is 21.6 Å². The molecular formula is C20H13Br2F2NO. The largest absolute Gasteiger partial charge is 0.489 e. The zero-order chi connectivity index (χ0) is 18.5. The van der Waals surface area contributed by atoms with Crippen molar-refractivity contribution in [2.24, 2.45) is 4.99 Å². The van der Waals surface area contributed by atoms with Gasteiger partial charge in [0.15, 0.2) is 5.82 Å². The molecule has 3 rings (SSSR count). The van der Waals surface area contributed by atoms with Gasteiger partial charge >= 0.3 is 0 Å². The Hall–Kier alpha value is -2.05. The van der Waals surface area contributed by atoms with Crippen molar-refractivity contribution < 1.29 is 13.5 Å². The van der Waals surface area contributed by atoms with Gasteiger partial charge in [-0.1, -0.05) is 37.9 Å². The van der Waals surface area contributed by atoms with E-state index < -0.39 is 11.6 Å². The average Bonchev–Trinajstić information content (AvgIpc) is 2.61. The summed E-state index contributed by atoms with van der Waals surface area (Å²) in [5.74, 6) is -0.605. The summed E-state index contributed by atoms with van der Waals surface area (Å²) in [6.07, 6.45) is 1.52. The molecule has 0 amide bonds. The molecule has 0 saturated carbocycles. The van der Waals surface area contributed by atoms with Crippen molar-refractivity contribution in [3.8, 4) is 5.75 Å². The summed E-state index contributed by atoms with van der Waals surface area (Å²) in [5.41, 5.74) is 1.91. The van der Waals surface area contributed by atoms with Crippen molar-refractivity contribution >= 4 is 43.8 Å². The summed E-state index contributed by atoms with van der Waals surface area (Å²) < 4.78 is 34.2. The number of hydrogen-bond acceptors (Lipinski definition) is 2. The summed E-state index contributed by atoms with van der Waals surface area (Å²) in [6, 6.07) is 16.4. The Kier molecular flexibility index (Phi) is 6.16. The third-order valence-electron chi connectivity index (χ3n) is 3.55. The predicted octanol–water partition coefficient (Wildman–Crippen LogP) is 6.82. The van der Waals surface area contributed by atoms with Gasteiger partial charge in [-0.05, 0) is 54.1 Å². The number of benzene rings is 3. The minimum atomic E-state index is -0.693. The van der Waals surface area contributed by atoms with Gasteiger partial charge in [-0.2, -0.15) is 0 Å². The number of ether oxygens (including phenoxy) is 1. The molecule has 6 heteroatoms. The lowest BCUT2D eigenvalue weighted by Crippen LogP contribution is -1.96. The second-order valence-corrected chi connectivity index (χ2v) is 7.22. The molecule has 0 fully saturated rings. The number of rotatable bonds is 5. The molecule has 132 valence electrons. The van der Waals surface area contributed by atoms with E-state index in [4.69, 9.17) is 4.74 Å². The van der Waals surface area contributed by atoms with Gasteiger partial charge in [0.1, 0.15) is 18.2 Å². The van der Waals surface area contributed by atoms with Gasteiger partial charge in [0.05, 0.1) is 5.69 Å². The summed E-state index contributed by atoms with van der Waals surface area (Å²) >= 11 is 6.92. The van der Waals surface area contributed by atoms with Crippen LogP contribution in [0.15, 0.2) is 74.6 Å². The first-order valence-corrected chi connectivity index (χ1v) is 9.26. The van der Waals surface area contributed by atoms with Crippen LogP contribution in [0.5, 0.6) is 5.75 Å². The summed E-state index contributed by atoms with van der Waals surface area (Å²) in [4.78, 5) is 4.04. The summed E-state index contributed by atoms with van der Waals surface area (Å²) in [6.45, 7) is 0.433. The molecule has 0 saturated heterocycles. The first kappa shape index (κ1) is 18.7. The smallest absolute Gasteiger partial charge is 0.151 e. The lowest BCUT2D eigenvalue weighted by Gasteiger charge is -2.08. The van der Waals surface area contributed by atoms with E-state index in [2.05, 4.69) is 36.9 Å². The van der Waals surface area contributed by atoms with Crippen LogP contribution in [0.1, 0.15) is 11.1 Å². The molecule has 0 heterocycles. The van der Waals surface area contributed by atoms with Gasteiger partial charge in [-0.25, -0.2) is 8.78 Å². The fraction of sp³-hybridized carbons (Fsp3) is 0.0500. The maximum atomic E-state index is 13.6. The molecule has 0 aliphatic carbocycles. The van der Waals surface area contributed by atoms with E-state index in [0.717, 1.165) is 26.1 Å². The first-order chi connectivity index (χ1) is 12.5. The molecule has 0 radical (unpaired) electrons. The van der Waals surface area contributed by atoms with E-state index in [1.165, 1.54) is 18.3 Å². The van der Waals surface area contributed by atoms with Gasteiger partial charge in [0.25, 0.3) is 0 Å². The third kappa shape index (κ3) is 4.99. The molecule has 0 N–H and O–H groups in total. The van der Waals surface area contributed by atoms with Crippen LogP contribution in [0, 0.1) is 11.6 Å². The van der Waals surface area contributed by atoms with E-state index in [1.807, 2.05) is 42.5 Å². The summed E-state index contributed by atoms with van der Waals surface area (Å²) in [7, 11) is 0. The average molecular weight is 481 g/mol. The van der Waals surface area contributed by atoms with Crippen LogP contribution in [0.3, 0.4) is 0 Å². The van der Waals surface area contributed by atoms with Crippen molar-refractivity contribution in [3.63, 3.8) is 0 Å². The molecule has 0 unspecified atom stereocenters. The molecule has 0 bridgehead atoms. The number of aliphatic imine (C=N–C) groups is 1. The van der Waals surface area contributed by atoms with Crippen LogP contribution < -0.4 is 4.74 Å². The van der Waals surface area contributed by atoms with Crippen molar-refractivity contribution in [1.29, 1.82) is 0 Å². The van der Waals surface area contributed by atoms with Crippen molar-refractivity contribution in [2.45, 2.75) is 6.61 Å². The Labute approximate surface area is 166 Å². The van der Waals surface area contributed by atoms with Crippen LogP contribution in [0.2, 0.25) is 0 Å². The third-order valence-corrected chi connectivity index (χ3v) is 4.78. The van der Waals surface area contributed by atoms with Crippen LogP contribution in [0.25, 0.3) is 0 Å². The standard InChI is InChI=1S/C20H13Br2F2NO/c21-15-4-3-14(18(22)9-15)12-26-17-6-1-13(2-7-17)11-25-20-8-5-16(23)10-19(20)24/h1-11H,12H2. The Morgan fingerprint density at radius 3 is 2.38 bits per heavy atom. The highest BCUT2D eigenvalue weighted by Gasteiger charge is 2.03. The zero-order valence-corrected chi connectivity index (χ0v) is 16.6. The maximum absolute atomic E-state index is 13.6. The molecule has 0 aliphatic heterocycles. The normalized spacial score (nSPS) is 11.1. The molecule has 0 aromatic heterocycles. The lowest BCUT2D eigenvalue weighted by molar-refractivity contribution is 0.305.